The number of sulfone groups is 1. The molecule has 0 radical (unpaired) electrons. The molecule has 0 fully saturated rings. The normalized spacial score (nSPS) is 13.6. The number of carbonyl (C=O) groups excluding carboxylic acids is 1. The molecule has 1 aliphatic rings. The van der Waals surface area contributed by atoms with Crippen LogP contribution in [-0.2, 0) is 29.2 Å². The van der Waals surface area contributed by atoms with E-state index in [9.17, 15) is 13.2 Å². The second kappa shape index (κ2) is 7.99. The first kappa shape index (κ1) is 19.4. The molecule has 136 valence electrons. The molecule has 1 amide bonds. The van der Waals surface area contributed by atoms with Gasteiger partial charge in [-0.15, -0.1) is 12.4 Å². The quantitative estimate of drug-likeness (QED) is 0.721. The largest absolute Gasteiger partial charge is 0.321 e. The summed E-state index contributed by atoms with van der Waals surface area (Å²) in [5, 5.41) is 13.1. The molecule has 1 aliphatic heterocycles. The van der Waals surface area contributed by atoms with Gasteiger partial charge in [-0.3, -0.25) is 9.89 Å². The first-order valence-corrected chi connectivity index (χ1v) is 9.83. The van der Waals surface area contributed by atoms with Crippen molar-refractivity contribution in [3.63, 3.8) is 0 Å². The zero-order valence-corrected chi connectivity index (χ0v) is 15.5. The monoisotopic (exact) mass is 384 g/mol. The lowest BCUT2D eigenvalue weighted by molar-refractivity contribution is 0.102. The van der Waals surface area contributed by atoms with Crippen LogP contribution < -0.4 is 10.6 Å². The molecule has 3 N–H and O–H groups in total. The number of carbonyl (C=O) groups is 1. The zero-order valence-electron chi connectivity index (χ0n) is 13.8. The van der Waals surface area contributed by atoms with E-state index < -0.39 is 9.84 Å². The van der Waals surface area contributed by atoms with Crippen molar-refractivity contribution in [3.05, 3.63) is 46.8 Å². The summed E-state index contributed by atoms with van der Waals surface area (Å²) in [7, 11) is -2.98. The Bertz CT molecular complexity index is 847. The van der Waals surface area contributed by atoms with Gasteiger partial charge < -0.3 is 10.6 Å². The smallest absolute Gasteiger partial charge is 0.276 e. The Labute approximate surface area is 152 Å². The first-order chi connectivity index (χ1) is 11.4. The number of anilines is 1. The van der Waals surface area contributed by atoms with Crippen LogP contribution in [0.5, 0.6) is 0 Å². The minimum absolute atomic E-state index is 0. The van der Waals surface area contributed by atoms with Crippen molar-refractivity contribution >= 4 is 33.8 Å². The standard InChI is InChI=1S/C16H20N4O3S.ClH/c1-24(22,23)9-7-11-2-4-12(5-3-11)18-16(21)15-13-10-17-8-6-14(13)19-20-15;/h2-5,17H,6-10H2,1H3,(H,18,21)(H,19,20);1H. The van der Waals surface area contributed by atoms with Crippen LogP contribution in [0.1, 0.15) is 27.3 Å². The van der Waals surface area contributed by atoms with Gasteiger partial charge in [0, 0.05) is 42.7 Å². The number of aromatic amines is 1. The zero-order chi connectivity index (χ0) is 17.2. The highest BCUT2D eigenvalue weighted by Gasteiger charge is 2.21. The summed E-state index contributed by atoms with van der Waals surface area (Å²) in [5.41, 5.74) is 3.92. The molecule has 1 aromatic carbocycles. The summed E-state index contributed by atoms with van der Waals surface area (Å²) in [6.07, 6.45) is 2.53. The van der Waals surface area contributed by atoms with Gasteiger partial charge in [0.05, 0.1) is 5.75 Å². The van der Waals surface area contributed by atoms with Crippen LogP contribution in [0.2, 0.25) is 0 Å². The Morgan fingerprint density at radius 1 is 1.28 bits per heavy atom. The van der Waals surface area contributed by atoms with Gasteiger partial charge in [0.15, 0.2) is 5.69 Å². The lowest BCUT2D eigenvalue weighted by Gasteiger charge is -2.13. The van der Waals surface area contributed by atoms with Crippen molar-refractivity contribution in [1.29, 1.82) is 0 Å². The fourth-order valence-electron chi connectivity index (χ4n) is 2.66. The summed E-state index contributed by atoms with van der Waals surface area (Å²) in [5.74, 6) is -0.134. The fourth-order valence-corrected chi connectivity index (χ4v) is 3.27. The molecule has 0 unspecified atom stereocenters. The van der Waals surface area contributed by atoms with Crippen molar-refractivity contribution in [2.75, 3.05) is 23.9 Å². The van der Waals surface area contributed by atoms with Crippen molar-refractivity contribution < 1.29 is 13.2 Å². The highest BCUT2D eigenvalue weighted by atomic mass is 35.5. The van der Waals surface area contributed by atoms with Gasteiger partial charge in [-0.25, -0.2) is 8.42 Å². The molecular weight excluding hydrogens is 364 g/mol. The van der Waals surface area contributed by atoms with Crippen LogP contribution >= 0.6 is 12.4 Å². The minimum Gasteiger partial charge on any atom is -0.321 e. The SMILES string of the molecule is CS(=O)(=O)CCc1ccc(NC(=O)c2n[nH]c3c2CNCC3)cc1.Cl. The molecule has 0 atom stereocenters. The molecule has 9 heteroatoms. The second-order valence-corrected chi connectivity index (χ2v) is 8.25. The van der Waals surface area contributed by atoms with Crippen LogP contribution in [0.3, 0.4) is 0 Å². The van der Waals surface area contributed by atoms with E-state index in [-0.39, 0.29) is 24.1 Å². The van der Waals surface area contributed by atoms with Crippen LogP contribution in [0, 0.1) is 0 Å². The molecule has 0 bridgehead atoms. The lowest BCUT2D eigenvalue weighted by atomic mass is 10.1. The molecule has 0 aliphatic carbocycles. The third kappa shape index (κ3) is 5.04. The highest BCUT2D eigenvalue weighted by Crippen LogP contribution is 2.17. The maximum atomic E-state index is 12.4. The maximum Gasteiger partial charge on any atom is 0.276 e. The molecular formula is C16H21ClN4O3S. The molecule has 7 nitrogen and oxygen atoms in total. The molecule has 0 saturated carbocycles. The Kier molecular flexibility index (Phi) is 6.21. The van der Waals surface area contributed by atoms with Crippen molar-refractivity contribution in [2.45, 2.75) is 19.4 Å². The van der Waals surface area contributed by atoms with E-state index in [4.69, 9.17) is 0 Å². The van der Waals surface area contributed by atoms with Gasteiger partial charge in [-0.05, 0) is 24.1 Å². The predicted octanol–water partition coefficient (Wildman–Crippen LogP) is 1.32. The molecule has 3 rings (SSSR count). The van der Waals surface area contributed by atoms with Gasteiger partial charge in [-0.1, -0.05) is 12.1 Å². The van der Waals surface area contributed by atoms with E-state index in [1.165, 1.54) is 6.26 Å². The molecule has 25 heavy (non-hydrogen) atoms. The number of nitrogens with one attached hydrogen (secondary N) is 3. The highest BCUT2D eigenvalue weighted by molar-refractivity contribution is 7.90. The molecule has 1 aromatic heterocycles. The number of halogens is 1. The molecule has 0 saturated heterocycles. The van der Waals surface area contributed by atoms with E-state index in [0.717, 1.165) is 29.8 Å². The molecule has 2 aromatic rings. The van der Waals surface area contributed by atoms with Crippen LogP contribution in [0.25, 0.3) is 0 Å². The minimum atomic E-state index is -2.98. The van der Waals surface area contributed by atoms with E-state index >= 15 is 0 Å². The fraction of sp³-hybridized carbons (Fsp3) is 0.375. The van der Waals surface area contributed by atoms with Gasteiger partial charge >= 0.3 is 0 Å². The van der Waals surface area contributed by atoms with E-state index in [1.807, 2.05) is 12.1 Å². The number of nitrogens with zero attached hydrogens (tertiary/aromatic N) is 1. The van der Waals surface area contributed by atoms with Gasteiger partial charge in [-0.2, -0.15) is 5.10 Å². The van der Waals surface area contributed by atoms with Crippen LogP contribution in [-0.4, -0.2) is 43.1 Å². The number of aryl methyl sites for hydroxylation is 1. The number of fused-ring (bicyclic) bond motifs is 1. The summed E-state index contributed by atoms with van der Waals surface area (Å²) in [6.45, 7) is 1.52. The summed E-state index contributed by atoms with van der Waals surface area (Å²) in [4.78, 5) is 12.4. The first-order valence-electron chi connectivity index (χ1n) is 7.77. The van der Waals surface area contributed by atoms with Crippen LogP contribution in [0.4, 0.5) is 5.69 Å². The van der Waals surface area contributed by atoms with E-state index in [0.29, 0.717) is 24.3 Å². The van der Waals surface area contributed by atoms with Gasteiger partial charge in [0.1, 0.15) is 9.84 Å². The maximum absolute atomic E-state index is 12.4. The van der Waals surface area contributed by atoms with Crippen molar-refractivity contribution in [1.82, 2.24) is 15.5 Å². The Balaban J connectivity index is 0.00000225. The summed E-state index contributed by atoms with van der Waals surface area (Å²) < 4.78 is 22.4. The topological polar surface area (TPSA) is 104 Å². The van der Waals surface area contributed by atoms with Gasteiger partial charge in [0.2, 0.25) is 0 Å². The average molecular weight is 385 g/mol. The lowest BCUT2D eigenvalue weighted by Crippen LogP contribution is -2.25. The van der Waals surface area contributed by atoms with E-state index in [1.54, 1.807) is 12.1 Å². The Morgan fingerprint density at radius 3 is 2.68 bits per heavy atom. The van der Waals surface area contributed by atoms with Crippen LogP contribution in [0.15, 0.2) is 24.3 Å². The van der Waals surface area contributed by atoms with Crippen molar-refractivity contribution in [3.8, 4) is 0 Å². The number of amides is 1. The Morgan fingerprint density at radius 2 is 2.00 bits per heavy atom. The van der Waals surface area contributed by atoms with E-state index in [2.05, 4.69) is 20.8 Å². The predicted molar refractivity (Wildman–Crippen MR) is 99.1 cm³/mol. The summed E-state index contributed by atoms with van der Waals surface area (Å²) in [6, 6.07) is 7.18. The van der Waals surface area contributed by atoms with Crippen molar-refractivity contribution in [2.24, 2.45) is 0 Å². The number of aromatic nitrogens is 2. The molecule has 0 spiro atoms. The summed E-state index contributed by atoms with van der Waals surface area (Å²) >= 11 is 0. The number of H-pyrrole nitrogens is 1. The van der Waals surface area contributed by atoms with Gasteiger partial charge in [0.25, 0.3) is 5.91 Å². The molecule has 2 heterocycles. The third-order valence-electron chi connectivity index (χ3n) is 3.99. The Hall–Kier alpha value is -1.90. The number of hydrogen-bond donors (Lipinski definition) is 3. The number of hydrogen-bond acceptors (Lipinski definition) is 5. The third-order valence-corrected chi connectivity index (χ3v) is 4.94. The number of benzene rings is 1. The number of rotatable bonds is 5. The second-order valence-electron chi connectivity index (χ2n) is 5.99. The average Bonchev–Trinajstić information content (AvgIpc) is 2.97.